The Kier molecular flexibility index (Phi) is 5.19. The van der Waals surface area contributed by atoms with E-state index in [1.165, 1.54) is 0 Å². The van der Waals surface area contributed by atoms with Crippen LogP contribution in [-0.4, -0.2) is 22.5 Å². The van der Waals surface area contributed by atoms with Crippen molar-refractivity contribution in [3.63, 3.8) is 0 Å². The van der Waals surface area contributed by atoms with Crippen LogP contribution in [0.5, 0.6) is 0 Å². The molecule has 18 heavy (non-hydrogen) atoms. The van der Waals surface area contributed by atoms with Gasteiger partial charge in [0.15, 0.2) is 0 Å². The molecule has 0 aliphatic heterocycles. The average Bonchev–Trinajstić information content (AvgIpc) is 2.64. The number of rotatable bonds is 6. The lowest BCUT2D eigenvalue weighted by Gasteiger charge is -2.18. The number of nitrogens with one attached hydrogen (secondary N) is 1. The zero-order valence-electron chi connectivity index (χ0n) is 11.0. The van der Waals surface area contributed by atoms with Crippen LogP contribution in [0.4, 0.5) is 13.2 Å². The molecular weight excluding hydrogens is 243 g/mol. The predicted molar refractivity (Wildman–Crippen MR) is 64.3 cm³/mol. The molecule has 0 aliphatic carbocycles. The minimum absolute atomic E-state index is 0.0516. The molecule has 0 aliphatic rings. The Labute approximate surface area is 105 Å². The summed E-state index contributed by atoms with van der Waals surface area (Å²) in [5.74, 6) is 0. The lowest BCUT2D eigenvalue weighted by Crippen LogP contribution is -2.23. The van der Waals surface area contributed by atoms with E-state index in [9.17, 15) is 13.2 Å². The summed E-state index contributed by atoms with van der Waals surface area (Å²) in [6, 6.07) is -0.278. The van der Waals surface area contributed by atoms with Gasteiger partial charge in [-0.3, -0.25) is 4.68 Å². The van der Waals surface area contributed by atoms with Gasteiger partial charge in [0.25, 0.3) is 0 Å². The monoisotopic (exact) mass is 263 g/mol. The molecule has 6 heteroatoms. The molecule has 1 rings (SSSR count). The fourth-order valence-electron chi connectivity index (χ4n) is 2.04. The SMILES string of the molecule is CCNC(CCC(F)(F)F)c1cn(C)nc1CC. The number of aryl methyl sites for hydroxylation is 2. The highest BCUT2D eigenvalue weighted by Gasteiger charge is 2.29. The molecule has 0 aromatic carbocycles. The molecule has 3 nitrogen and oxygen atoms in total. The molecule has 1 unspecified atom stereocenters. The lowest BCUT2D eigenvalue weighted by atomic mass is 10.0. The summed E-state index contributed by atoms with van der Waals surface area (Å²) in [5.41, 5.74) is 1.75. The second-order valence-corrected chi connectivity index (χ2v) is 4.32. The first-order valence-corrected chi connectivity index (χ1v) is 6.20. The van der Waals surface area contributed by atoms with E-state index in [2.05, 4.69) is 10.4 Å². The van der Waals surface area contributed by atoms with Gasteiger partial charge < -0.3 is 5.32 Å². The first-order valence-electron chi connectivity index (χ1n) is 6.20. The predicted octanol–water partition coefficient (Wildman–Crippen LogP) is 2.98. The Morgan fingerprint density at radius 3 is 2.56 bits per heavy atom. The van der Waals surface area contributed by atoms with Gasteiger partial charge in [0.2, 0.25) is 0 Å². The third kappa shape index (κ3) is 4.33. The van der Waals surface area contributed by atoms with E-state index in [0.717, 1.165) is 17.7 Å². The normalized spacial score (nSPS) is 13.9. The average molecular weight is 263 g/mol. The number of aromatic nitrogens is 2. The number of nitrogens with zero attached hydrogens (tertiary/aromatic N) is 2. The maximum Gasteiger partial charge on any atom is 0.389 e. The highest BCUT2D eigenvalue weighted by atomic mass is 19.4. The summed E-state index contributed by atoms with van der Waals surface area (Å²) in [6.07, 6.45) is -2.30. The van der Waals surface area contributed by atoms with Crippen molar-refractivity contribution in [1.82, 2.24) is 15.1 Å². The summed E-state index contributed by atoms with van der Waals surface area (Å²) < 4.78 is 38.6. The van der Waals surface area contributed by atoms with Crippen LogP contribution in [-0.2, 0) is 13.5 Å². The zero-order valence-corrected chi connectivity index (χ0v) is 11.0. The molecule has 0 saturated carbocycles. The third-order valence-corrected chi connectivity index (χ3v) is 2.81. The fourth-order valence-corrected chi connectivity index (χ4v) is 2.04. The largest absolute Gasteiger partial charge is 0.389 e. The summed E-state index contributed by atoms with van der Waals surface area (Å²) in [4.78, 5) is 0. The second-order valence-electron chi connectivity index (χ2n) is 4.32. The Morgan fingerprint density at radius 2 is 2.06 bits per heavy atom. The van der Waals surface area contributed by atoms with E-state index in [1.54, 1.807) is 11.7 Å². The van der Waals surface area contributed by atoms with E-state index in [4.69, 9.17) is 0 Å². The van der Waals surface area contributed by atoms with Crippen molar-refractivity contribution in [1.29, 1.82) is 0 Å². The maximum atomic E-state index is 12.3. The third-order valence-electron chi connectivity index (χ3n) is 2.81. The maximum absolute atomic E-state index is 12.3. The van der Waals surface area contributed by atoms with Gasteiger partial charge in [-0.25, -0.2) is 0 Å². The number of hydrogen-bond acceptors (Lipinski definition) is 2. The summed E-state index contributed by atoms with van der Waals surface area (Å²) in [5, 5.41) is 7.38. The standard InChI is InChI=1S/C12H20F3N3/c1-4-10-9(8-18(3)17-10)11(16-5-2)6-7-12(13,14)15/h8,11,16H,4-7H2,1-3H3. The molecular formula is C12H20F3N3. The topological polar surface area (TPSA) is 29.9 Å². The van der Waals surface area contributed by atoms with Gasteiger partial charge in [-0.1, -0.05) is 13.8 Å². The molecule has 104 valence electrons. The molecule has 0 spiro atoms. The number of hydrogen-bond donors (Lipinski definition) is 1. The zero-order chi connectivity index (χ0) is 13.8. The molecule has 0 bridgehead atoms. The van der Waals surface area contributed by atoms with E-state index in [-0.39, 0.29) is 12.5 Å². The minimum Gasteiger partial charge on any atom is -0.310 e. The Hall–Kier alpha value is -1.04. The van der Waals surface area contributed by atoms with Crippen molar-refractivity contribution >= 4 is 0 Å². The van der Waals surface area contributed by atoms with Crippen LogP contribution in [0.25, 0.3) is 0 Å². The molecule has 0 fully saturated rings. The molecule has 1 aromatic rings. The summed E-state index contributed by atoms with van der Waals surface area (Å²) in [7, 11) is 1.79. The van der Waals surface area contributed by atoms with Crippen molar-refractivity contribution in [2.75, 3.05) is 6.54 Å². The van der Waals surface area contributed by atoms with Gasteiger partial charge in [-0.2, -0.15) is 18.3 Å². The molecule has 1 atom stereocenters. The smallest absolute Gasteiger partial charge is 0.310 e. The van der Waals surface area contributed by atoms with E-state index < -0.39 is 12.6 Å². The van der Waals surface area contributed by atoms with Crippen molar-refractivity contribution in [3.8, 4) is 0 Å². The minimum atomic E-state index is -4.11. The summed E-state index contributed by atoms with van der Waals surface area (Å²) in [6.45, 7) is 4.49. The molecule has 1 aromatic heterocycles. The van der Waals surface area contributed by atoms with E-state index in [0.29, 0.717) is 6.54 Å². The van der Waals surface area contributed by atoms with Crippen LogP contribution in [0.3, 0.4) is 0 Å². The first-order chi connectivity index (χ1) is 8.37. The van der Waals surface area contributed by atoms with Crippen LogP contribution in [0.1, 0.15) is 44.0 Å². The highest BCUT2D eigenvalue weighted by Crippen LogP contribution is 2.28. The van der Waals surface area contributed by atoms with E-state index in [1.807, 2.05) is 20.0 Å². The number of alkyl halides is 3. The van der Waals surface area contributed by atoms with Crippen LogP contribution < -0.4 is 5.32 Å². The molecule has 0 saturated heterocycles. The first kappa shape index (κ1) is 15.0. The quantitative estimate of drug-likeness (QED) is 0.855. The molecule has 1 N–H and O–H groups in total. The van der Waals surface area contributed by atoms with Crippen molar-refractivity contribution < 1.29 is 13.2 Å². The fraction of sp³-hybridized carbons (Fsp3) is 0.750. The van der Waals surface area contributed by atoms with Gasteiger partial charge >= 0.3 is 6.18 Å². The van der Waals surface area contributed by atoms with Crippen molar-refractivity contribution in [3.05, 3.63) is 17.5 Å². The molecule has 1 heterocycles. The van der Waals surface area contributed by atoms with Gasteiger partial charge in [0, 0.05) is 31.3 Å². The Balaban J connectivity index is 2.82. The van der Waals surface area contributed by atoms with Gasteiger partial charge in [-0.15, -0.1) is 0 Å². The van der Waals surface area contributed by atoms with Crippen molar-refractivity contribution in [2.45, 2.75) is 45.3 Å². The highest BCUT2D eigenvalue weighted by molar-refractivity contribution is 5.21. The Bertz CT molecular complexity index is 371. The Morgan fingerprint density at radius 1 is 1.39 bits per heavy atom. The van der Waals surface area contributed by atoms with Gasteiger partial charge in [0.05, 0.1) is 5.69 Å². The van der Waals surface area contributed by atoms with E-state index >= 15 is 0 Å². The lowest BCUT2D eigenvalue weighted by molar-refractivity contribution is -0.136. The molecule has 0 amide bonds. The van der Waals surface area contributed by atoms with Crippen LogP contribution >= 0.6 is 0 Å². The number of halogens is 3. The molecule has 0 radical (unpaired) electrons. The van der Waals surface area contributed by atoms with Crippen LogP contribution in [0, 0.1) is 0 Å². The van der Waals surface area contributed by atoms with Crippen LogP contribution in [0.2, 0.25) is 0 Å². The van der Waals surface area contributed by atoms with Gasteiger partial charge in [0.1, 0.15) is 0 Å². The summed E-state index contributed by atoms with van der Waals surface area (Å²) >= 11 is 0. The van der Waals surface area contributed by atoms with Crippen molar-refractivity contribution in [2.24, 2.45) is 7.05 Å². The van der Waals surface area contributed by atoms with Crippen LogP contribution in [0.15, 0.2) is 6.20 Å². The van der Waals surface area contributed by atoms with Gasteiger partial charge in [-0.05, 0) is 19.4 Å². The second kappa shape index (κ2) is 6.22.